The SMILES string of the molecule is C#CCCCCc1cc(C)c(C)c(C)c1C. The molecule has 0 aliphatic carbocycles. The molecule has 1 aromatic rings. The van der Waals surface area contributed by atoms with Gasteiger partial charge in [0.2, 0.25) is 0 Å². The fourth-order valence-corrected chi connectivity index (χ4v) is 2.10. The second-order valence-corrected chi connectivity index (χ2v) is 4.64. The van der Waals surface area contributed by atoms with Gasteiger partial charge in [-0.1, -0.05) is 6.07 Å². The summed E-state index contributed by atoms with van der Waals surface area (Å²) in [7, 11) is 0. The molecule has 0 radical (unpaired) electrons. The van der Waals surface area contributed by atoms with Gasteiger partial charge in [-0.2, -0.15) is 0 Å². The zero-order chi connectivity index (χ0) is 12.1. The third kappa shape index (κ3) is 2.89. The van der Waals surface area contributed by atoms with Crippen LogP contribution in [0.2, 0.25) is 0 Å². The molecule has 16 heavy (non-hydrogen) atoms. The zero-order valence-electron chi connectivity index (χ0n) is 11.0. The van der Waals surface area contributed by atoms with Crippen molar-refractivity contribution in [1.29, 1.82) is 0 Å². The Morgan fingerprint density at radius 3 is 2.31 bits per heavy atom. The second kappa shape index (κ2) is 5.75. The largest absolute Gasteiger partial charge is 0.120 e. The number of aryl methyl sites for hydroxylation is 2. The Kier molecular flexibility index (Phi) is 4.62. The first kappa shape index (κ1) is 12.8. The van der Waals surface area contributed by atoms with Gasteiger partial charge in [0.25, 0.3) is 0 Å². The number of benzene rings is 1. The van der Waals surface area contributed by atoms with E-state index in [0.29, 0.717) is 0 Å². The molecule has 0 fully saturated rings. The van der Waals surface area contributed by atoms with E-state index in [4.69, 9.17) is 6.42 Å². The number of terminal acetylenes is 1. The maximum absolute atomic E-state index is 5.26. The van der Waals surface area contributed by atoms with Gasteiger partial charge in [0, 0.05) is 6.42 Å². The summed E-state index contributed by atoms with van der Waals surface area (Å²) in [5, 5.41) is 0. The monoisotopic (exact) mass is 214 g/mol. The first-order valence-corrected chi connectivity index (χ1v) is 6.07. The van der Waals surface area contributed by atoms with Crippen LogP contribution < -0.4 is 0 Å². The molecule has 0 saturated carbocycles. The lowest BCUT2D eigenvalue weighted by atomic mass is 9.92. The summed E-state index contributed by atoms with van der Waals surface area (Å²) in [4.78, 5) is 0. The number of hydrogen-bond acceptors (Lipinski definition) is 0. The van der Waals surface area contributed by atoms with Gasteiger partial charge in [-0.05, 0) is 74.8 Å². The summed E-state index contributed by atoms with van der Waals surface area (Å²) in [6.45, 7) is 8.87. The number of rotatable bonds is 4. The standard InChI is InChI=1S/C16H22/c1-6-7-8-9-10-16-11-12(2)13(3)14(4)15(16)5/h1,11H,7-10H2,2-5H3. The van der Waals surface area contributed by atoms with Crippen LogP contribution in [-0.4, -0.2) is 0 Å². The van der Waals surface area contributed by atoms with Crippen LogP contribution in [0.3, 0.4) is 0 Å². The van der Waals surface area contributed by atoms with Crippen LogP contribution in [0.25, 0.3) is 0 Å². The van der Waals surface area contributed by atoms with Gasteiger partial charge in [0.05, 0.1) is 0 Å². The van der Waals surface area contributed by atoms with E-state index in [9.17, 15) is 0 Å². The molecule has 0 amide bonds. The highest BCUT2D eigenvalue weighted by atomic mass is 14.1. The van der Waals surface area contributed by atoms with Gasteiger partial charge < -0.3 is 0 Å². The van der Waals surface area contributed by atoms with Crippen LogP contribution in [0.4, 0.5) is 0 Å². The summed E-state index contributed by atoms with van der Waals surface area (Å²) in [5.74, 6) is 2.70. The van der Waals surface area contributed by atoms with Crippen LogP contribution >= 0.6 is 0 Å². The molecule has 86 valence electrons. The smallest absolute Gasteiger partial charge is 0.00861 e. The predicted octanol–water partition coefficient (Wildman–Crippen LogP) is 4.27. The van der Waals surface area contributed by atoms with E-state index in [1.807, 2.05) is 0 Å². The van der Waals surface area contributed by atoms with Crippen LogP contribution in [0, 0.1) is 40.0 Å². The molecule has 0 saturated heterocycles. The average Bonchev–Trinajstić information content (AvgIpc) is 2.28. The predicted molar refractivity (Wildman–Crippen MR) is 71.8 cm³/mol. The van der Waals surface area contributed by atoms with E-state index in [1.54, 1.807) is 0 Å². The fraction of sp³-hybridized carbons (Fsp3) is 0.500. The molecular weight excluding hydrogens is 192 g/mol. The van der Waals surface area contributed by atoms with Crippen molar-refractivity contribution in [3.05, 3.63) is 33.9 Å². The summed E-state index contributed by atoms with van der Waals surface area (Å²) in [6.07, 6.45) is 9.67. The topological polar surface area (TPSA) is 0 Å². The molecule has 1 aromatic carbocycles. The van der Waals surface area contributed by atoms with Crippen LogP contribution in [0.1, 0.15) is 47.1 Å². The normalized spacial score (nSPS) is 10.2. The first-order valence-electron chi connectivity index (χ1n) is 6.07. The lowest BCUT2D eigenvalue weighted by Gasteiger charge is -2.14. The summed E-state index contributed by atoms with van der Waals surface area (Å²) >= 11 is 0. The lowest BCUT2D eigenvalue weighted by Crippen LogP contribution is -1.98. The summed E-state index contributed by atoms with van der Waals surface area (Å²) in [5.41, 5.74) is 7.26. The molecule has 0 nitrogen and oxygen atoms in total. The van der Waals surface area contributed by atoms with Crippen molar-refractivity contribution in [2.45, 2.75) is 53.4 Å². The van der Waals surface area contributed by atoms with Gasteiger partial charge in [0.1, 0.15) is 0 Å². The molecule has 0 heteroatoms. The Morgan fingerprint density at radius 2 is 1.69 bits per heavy atom. The minimum absolute atomic E-state index is 0.906. The van der Waals surface area contributed by atoms with Crippen molar-refractivity contribution in [3.63, 3.8) is 0 Å². The maximum atomic E-state index is 5.26. The molecule has 0 spiro atoms. The highest BCUT2D eigenvalue weighted by Gasteiger charge is 2.06. The Morgan fingerprint density at radius 1 is 1.00 bits per heavy atom. The van der Waals surface area contributed by atoms with E-state index in [-0.39, 0.29) is 0 Å². The van der Waals surface area contributed by atoms with E-state index in [1.165, 1.54) is 34.2 Å². The van der Waals surface area contributed by atoms with Gasteiger partial charge in [-0.3, -0.25) is 0 Å². The molecule has 0 atom stereocenters. The zero-order valence-corrected chi connectivity index (χ0v) is 11.0. The van der Waals surface area contributed by atoms with E-state index in [0.717, 1.165) is 19.3 Å². The molecule has 0 aliphatic heterocycles. The molecule has 0 aromatic heterocycles. The Balaban J connectivity index is 2.78. The van der Waals surface area contributed by atoms with E-state index in [2.05, 4.69) is 39.7 Å². The van der Waals surface area contributed by atoms with Crippen molar-refractivity contribution in [2.75, 3.05) is 0 Å². The first-order chi connectivity index (χ1) is 7.57. The van der Waals surface area contributed by atoms with Crippen LogP contribution in [0.5, 0.6) is 0 Å². The van der Waals surface area contributed by atoms with Crippen molar-refractivity contribution in [1.82, 2.24) is 0 Å². The molecule has 0 unspecified atom stereocenters. The number of hydrogen-bond donors (Lipinski definition) is 0. The Labute approximate surface area is 100 Å². The van der Waals surface area contributed by atoms with Crippen LogP contribution in [-0.2, 0) is 6.42 Å². The van der Waals surface area contributed by atoms with Crippen molar-refractivity contribution < 1.29 is 0 Å². The van der Waals surface area contributed by atoms with Crippen molar-refractivity contribution in [3.8, 4) is 12.3 Å². The van der Waals surface area contributed by atoms with Gasteiger partial charge in [-0.15, -0.1) is 12.3 Å². The fourth-order valence-electron chi connectivity index (χ4n) is 2.10. The maximum Gasteiger partial charge on any atom is 0.00861 e. The minimum Gasteiger partial charge on any atom is -0.120 e. The number of unbranched alkanes of at least 4 members (excludes halogenated alkanes) is 2. The molecule has 0 bridgehead atoms. The van der Waals surface area contributed by atoms with Crippen LogP contribution in [0.15, 0.2) is 6.07 Å². The van der Waals surface area contributed by atoms with Crippen molar-refractivity contribution in [2.24, 2.45) is 0 Å². The Hall–Kier alpha value is -1.22. The minimum atomic E-state index is 0.906. The highest BCUT2D eigenvalue weighted by Crippen LogP contribution is 2.22. The molecule has 0 N–H and O–H groups in total. The van der Waals surface area contributed by atoms with E-state index < -0.39 is 0 Å². The second-order valence-electron chi connectivity index (χ2n) is 4.64. The molecule has 0 heterocycles. The average molecular weight is 214 g/mol. The molecule has 0 aliphatic rings. The van der Waals surface area contributed by atoms with Gasteiger partial charge in [-0.25, -0.2) is 0 Å². The lowest BCUT2D eigenvalue weighted by molar-refractivity contribution is 0.752. The quantitative estimate of drug-likeness (QED) is 0.519. The van der Waals surface area contributed by atoms with Gasteiger partial charge >= 0.3 is 0 Å². The Bertz CT molecular complexity index is 405. The van der Waals surface area contributed by atoms with Gasteiger partial charge in [0.15, 0.2) is 0 Å². The van der Waals surface area contributed by atoms with E-state index >= 15 is 0 Å². The third-order valence-electron chi connectivity index (χ3n) is 3.61. The van der Waals surface area contributed by atoms with Crippen molar-refractivity contribution >= 4 is 0 Å². The molecular formula is C16H22. The molecule has 1 rings (SSSR count). The summed E-state index contributed by atoms with van der Waals surface area (Å²) in [6, 6.07) is 2.34. The third-order valence-corrected chi connectivity index (χ3v) is 3.61. The summed E-state index contributed by atoms with van der Waals surface area (Å²) < 4.78 is 0. The highest BCUT2D eigenvalue weighted by molar-refractivity contribution is 5.43.